The minimum absolute atomic E-state index is 0.0256. The lowest BCUT2D eigenvalue weighted by molar-refractivity contribution is 0.195. The first-order valence-corrected chi connectivity index (χ1v) is 6.31. The third-order valence-electron chi connectivity index (χ3n) is 3.26. The van der Waals surface area contributed by atoms with Gasteiger partial charge in [0.05, 0.1) is 17.8 Å². The van der Waals surface area contributed by atoms with Crippen LogP contribution in [0.1, 0.15) is 39.5 Å². The van der Waals surface area contributed by atoms with E-state index in [-0.39, 0.29) is 12.4 Å². The number of benzene rings is 1. The minimum Gasteiger partial charge on any atom is -0.394 e. The van der Waals surface area contributed by atoms with Crippen molar-refractivity contribution in [1.82, 2.24) is 0 Å². The molecule has 0 saturated heterocycles. The Balaban J connectivity index is 2.82. The van der Waals surface area contributed by atoms with E-state index < -0.39 is 5.54 Å². The number of hydrogen-bond donors (Lipinski definition) is 2. The molecular formula is C14H22FNO. The number of aliphatic hydroxyl groups excluding tert-OH is 1. The second kappa shape index (κ2) is 6.60. The summed E-state index contributed by atoms with van der Waals surface area (Å²) in [7, 11) is 0. The summed E-state index contributed by atoms with van der Waals surface area (Å²) in [5, 5.41) is 12.7. The average Bonchev–Trinajstić information content (AvgIpc) is 2.37. The average molecular weight is 239 g/mol. The van der Waals surface area contributed by atoms with Crippen LogP contribution in [0.5, 0.6) is 0 Å². The Labute approximate surface area is 103 Å². The lowest BCUT2D eigenvalue weighted by Gasteiger charge is -2.33. The standard InChI is InChI=1S/C14H22FNO/c1-3-5-10-14(4-2,11-17)16-13-9-7-6-8-12(13)15/h6-9,16-17H,3-5,10-11H2,1-2H3. The monoisotopic (exact) mass is 239 g/mol. The van der Waals surface area contributed by atoms with E-state index in [1.54, 1.807) is 18.2 Å². The van der Waals surface area contributed by atoms with E-state index in [0.29, 0.717) is 5.69 Å². The van der Waals surface area contributed by atoms with Gasteiger partial charge in [0.1, 0.15) is 5.82 Å². The van der Waals surface area contributed by atoms with E-state index in [4.69, 9.17) is 0 Å². The Hall–Kier alpha value is -1.09. The smallest absolute Gasteiger partial charge is 0.146 e. The summed E-state index contributed by atoms with van der Waals surface area (Å²) in [5.41, 5.74) is 0.0672. The predicted octanol–water partition coefficient (Wildman–Crippen LogP) is 3.57. The fraction of sp³-hybridized carbons (Fsp3) is 0.571. The summed E-state index contributed by atoms with van der Waals surface area (Å²) in [5.74, 6) is -0.268. The number of rotatable bonds is 7. The summed E-state index contributed by atoms with van der Waals surface area (Å²) in [6.07, 6.45) is 3.72. The first kappa shape index (κ1) is 14.0. The predicted molar refractivity (Wildman–Crippen MR) is 69.7 cm³/mol. The van der Waals surface area contributed by atoms with Crippen LogP contribution in [0.3, 0.4) is 0 Å². The van der Waals surface area contributed by atoms with Crippen molar-refractivity contribution in [2.24, 2.45) is 0 Å². The van der Waals surface area contributed by atoms with Crippen LogP contribution in [0, 0.1) is 5.82 Å². The molecule has 0 radical (unpaired) electrons. The minimum atomic E-state index is -0.405. The van der Waals surface area contributed by atoms with Gasteiger partial charge in [-0.1, -0.05) is 38.8 Å². The molecule has 1 unspecified atom stereocenters. The van der Waals surface area contributed by atoms with Gasteiger partial charge in [-0.2, -0.15) is 0 Å². The molecule has 0 aliphatic carbocycles. The van der Waals surface area contributed by atoms with E-state index in [0.717, 1.165) is 25.7 Å². The number of para-hydroxylation sites is 1. The van der Waals surface area contributed by atoms with Crippen LogP contribution < -0.4 is 5.32 Å². The Kier molecular flexibility index (Phi) is 5.42. The molecule has 96 valence electrons. The van der Waals surface area contributed by atoms with E-state index in [2.05, 4.69) is 12.2 Å². The zero-order valence-electron chi connectivity index (χ0n) is 10.7. The van der Waals surface area contributed by atoms with Crippen molar-refractivity contribution in [3.8, 4) is 0 Å². The third kappa shape index (κ3) is 3.70. The van der Waals surface area contributed by atoms with Gasteiger partial charge in [-0.25, -0.2) is 4.39 Å². The molecule has 0 aromatic heterocycles. The van der Waals surface area contributed by atoms with E-state index >= 15 is 0 Å². The van der Waals surface area contributed by atoms with Gasteiger partial charge >= 0.3 is 0 Å². The van der Waals surface area contributed by atoms with Gasteiger partial charge in [0, 0.05) is 0 Å². The molecule has 3 heteroatoms. The van der Waals surface area contributed by atoms with Crippen molar-refractivity contribution in [1.29, 1.82) is 0 Å². The molecule has 1 rings (SSSR count). The van der Waals surface area contributed by atoms with Gasteiger partial charge in [-0.3, -0.25) is 0 Å². The Morgan fingerprint density at radius 2 is 2.00 bits per heavy atom. The van der Waals surface area contributed by atoms with Crippen LogP contribution in [0.2, 0.25) is 0 Å². The highest BCUT2D eigenvalue weighted by atomic mass is 19.1. The quantitative estimate of drug-likeness (QED) is 0.762. The highest BCUT2D eigenvalue weighted by molar-refractivity contribution is 5.46. The van der Waals surface area contributed by atoms with Crippen molar-refractivity contribution in [2.45, 2.75) is 45.1 Å². The van der Waals surface area contributed by atoms with Crippen LogP contribution in [0.4, 0.5) is 10.1 Å². The van der Waals surface area contributed by atoms with Gasteiger partial charge in [0.2, 0.25) is 0 Å². The molecule has 2 N–H and O–H groups in total. The highest BCUT2D eigenvalue weighted by Gasteiger charge is 2.27. The molecule has 0 fully saturated rings. The van der Waals surface area contributed by atoms with Crippen molar-refractivity contribution in [3.05, 3.63) is 30.1 Å². The number of hydrogen-bond acceptors (Lipinski definition) is 2. The van der Waals surface area contributed by atoms with Gasteiger partial charge in [-0.15, -0.1) is 0 Å². The Morgan fingerprint density at radius 3 is 2.53 bits per heavy atom. The van der Waals surface area contributed by atoms with Gasteiger partial charge < -0.3 is 10.4 Å². The number of unbranched alkanes of at least 4 members (excludes halogenated alkanes) is 1. The van der Waals surface area contributed by atoms with Gasteiger partial charge in [-0.05, 0) is 25.0 Å². The zero-order valence-corrected chi connectivity index (χ0v) is 10.7. The van der Waals surface area contributed by atoms with Gasteiger partial charge in [0.25, 0.3) is 0 Å². The fourth-order valence-electron chi connectivity index (χ4n) is 1.92. The summed E-state index contributed by atoms with van der Waals surface area (Å²) in [6, 6.07) is 6.60. The first-order chi connectivity index (χ1) is 8.17. The number of nitrogens with one attached hydrogen (secondary N) is 1. The molecule has 0 spiro atoms. The van der Waals surface area contributed by atoms with Crippen LogP contribution in [-0.4, -0.2) is 17.3 Å². The lowest BCUT2D eigenvalue weighted by atomic mass is 9.90. The Bertz CT molecular complexity index is 337. The van der Waals surface area contributed by atoms with Crippen LogP contribution in [0.15, 0.2) is 24.3 Å². The maximum absolute atomic E-state index is 13.6. The molecule has 1 atom stereocenters. The van der Waals surface area contributed by atoms with E-state index in [1.807, 2.05) is 6.92 Å². The third-order valence-corrected chi connectivity index (χ3v) is 3.26. The molecule has 0 saturated carbocycles. The van der Waals surface area contributed by atoms with Crippen LogP contribution >= 0.6 is 0 Å². The number of halogens is 1. The molecule has 0 amide bonds. The van der Waals surface area contributed by atoms with Crippen molar-refractivity contribution >= 4 is 5.69 Å². The normalized spacial score (nSPS) is 14.4. The summed E-state index contributed by atoms with van der Waals surface area (Å²) in [6.45, 7) is 4.15. The summed E-state index contributed by atoms with van der Waals surface area (Å²) < 4.78 is 13.6. The zero-order chi connectivity index (χ0) is 12.7. The maximum Gasteiger partial charge on any atom is 0.146 e. The van der Waals surface area contributed by atoms with Gasteiger partial charge in [0.15, 0.2) is 0 Å². The van der Waals surface area contributed by atoms with Crippen molar-refractivity contribution in [3.63, 3.8) is 0 Å². The van der Waals surface area contributed by atoms with Crippen LogP contribution in [0.25, 0.3) is 0 Å². The molecule has 1 aromatic carbocycles. The maximum atomic E-state index is 13.6. The van der Waals surface area contributed by atoms with E-state index in [9.17, 15) is 9.50 Å². The van der Waals surface area contributed by atoms with E-state index in [1.165, 1.54) is 6.07 Å². The number of anilines is 1. The molecular weight excluding hydrogens is 217 g/mol. The number of aliphatic hydroxyl groups is 1. The summed E-state index contributed by atoms with van der Waals surface area (Å²) in [4.78, 5) is 0. The molecule has 1 aromatic rings. The fourth-order valence-corrected chi connectivity index (χ4v) is 1.92. The summed E-state index contributed by atoms with van der Waals surface area (Å²) >= 11 is 0. The van der Waals surface area contributed by atoms with Crippen molar-refractivity contribution < 1.29 is 9.50 Å². The SMILES string of the molecule is CCCCC(CC)(CO)Nc1ccccc1F. The molecule has 17 heavy (non-hydrogen) atoms. The molecule has 0 heterocycles. The molecule has 2 nitrogen and oxygen atoms in total. The molecule has 0 aliphatic heterocycles. The van der Waals surface area contributed by atoms with Crippen LogP contribution in [-0.2, 0) is 0 Å². The highest BCUT2D eigenvalue weighted by Crippen LogP contribution is 2.25. The lowest BCUT2D eigenvalue weighted by Crippen LogP contribution is -2.41. The largest absolute Gasteiger partial charge is 0.394 e. The van der Waals surface area contributed by atoms with Crippen molar-refractivity contribution in [2.75, 3.05) is 11.9 Å². The topological polar surface area (TPSA) is 32.3 Å². The Morgan fingerprint density at radius 1 is 1.29 bits per heavy atom. The first-order valence-electron chi connectivity index (χ1n) is 6.31. The second-order valence-electron chi connectivity index (χ2n) is 4.50. The molecule has 0 aliphatic rings. The second-order valence-corrected chi connectivity index (χ2v) is 4.50. The molecule has 0 bridgehead atoms.